The van der Waals surface area contributed by atoms with Crippen LogP contribution in [0.4, 0.5) is 17.6 Å². The van der Waals surface area contributed by atoms with E-state index in [9.17, 15) is 22.4 Å². The van der Waals surface area contributed by atoms with Crippen molar-refractivity contribution in [1.29, 1.82) is 0 Å². The molecular weight excluding hydrogens is 306 g/mol. The number of hydrogen-bond acceptors (Lipinski definition) is 3. The van der Waals surface area contributed by atoms with Gasteiger partial charge in [-0.3, -0.25) is 4.79 Å². The van der Waals surface area contributed by atoms with Crippen molar-refractivity contribution in [3.05, 3.63) is 35.1 Å². The highest BCUT2D eigenvalue weighted by Gasteiger charge is 2.38. The van der Waals surface area contributed by atoms with Gasteiger partial charge in [-0.2, -0.15) is 13.2 Å². The molecule has 0 radical (unpaired) electrons. The molecule has 1 amide bonds. The molecule has 4 nitrogen and oxygen atoms in total. The second-order valence-corrected chi connectivity index (χ2v) is 5.13. The van der Waals surface area contributed by atoms with Crippen LogP contribution in [0.1, 0.15) is 22.8 Å². The summed E-state index contributed by atoms with van der Waals surface area (Å²) in [5, 5.41) is 9.08. The molecule has 1 aliphatic heterocycles. The number of hydrogen-bond donors (Lipinski definition) is 1. The minimum Gasteiger partial charge on any atom is -0.394 e. The van der Waals surface area contributed by atoms with Crippen LogP contribution in [0.15, 0.2) is 18.2 Å². The number of morpholine rings is 1. The average Bonchev–Trinajstić information content (AvgIpc) is 2.46. The number of benzene rings is 1. The number of ether oxygens (including phenoxy) is 1. The zero-order valence-corrected chi connectivity index (χ0v) is 11.7. The third-order valence-electron chi connectivity index (χ3n) is 3.49. The normalized spacial score (nSPS) is 22.7. The summed E-state index contributed by atoms with van der Waals surface area (Å²) in [7, 11) is 0. The van der Waals surface area contributed by atoms with E-state index < -0.39 is 41.2 Å². The molecule has 8 heteroatoms. The SMILES string of the molecule is C[C@@H]1CO[C@@H](CO)CN1C(=O)c1ccc(F)cc1C(F)(F)F. The first-order valence-electron chi connectivity index (χ1n) is 6.64. The van der Waals surface area contributed by atoms with E-state index in [0.29, 0.717) is 6.07 Å². The van der Waals surface area contributed by atoms with E-state index in [-0.39, 0.29) is 19.8 Å². The Kier molecular flexibility index (Phi) is 4.72. The Morgan fingerprint density at radius 2 is 2.14 bits per heavy atom. The smallest absolute Gasteiger partial charge is 0.394 e. The topological polar surface area (TPSA) is 49.8 Å². The number of aliphatic hydroxyl groups is 1. The third-order valence-corrected chi connectivity index (χ3v) is 3.49. The molecule has 1 saturated heterocycles. The van der Waals surface area contributed by atoms with Crippen LogP contribution in [-0.4, -0.2) is 47.8 Å². The average molecular weight is 321 g/mol. The Bertz CT molecular complexity index is 562. The molecule has 0 aliphatic carbocycles. The van der Waals surface area contributed by atoms with Crippen molar-refractivity contribution in [2.24, 2.45) is 0 Å². The lowest BCUT2D eigenvalue weighted by Gasteiger charge is -2.37. The summed E-state index contributed by atoms with van der Waals surface area (Å²) in [4.78, 5) is 13.6. The maximum Gasteiger partial charge on any atom is 0.417 e. The minimum atomic E-state index is -4.83. The van der Waals surface area contributed by atoms with Gasteiger partial charge in [0.15, 0.2) is 0 Å². The van der Waals surface area contributed by atoms with Crippen LogP contribution in [-0.2, 0) is 10.9 Å². The molecule has 0 bridgehead atoms. The molecule has 1 aromatic rings. The van der Waals surface area contributed by atoms with Crippen LogP contribution in [0.3, 0.4) is 0 Å². The van der Waals surface area contributed by atoms with Gasteiger partial charge in [-0.1, -0.05) is 0 Å². The van der Waals surface area contributed by atoms with Crippen LogP contribution >= 0.6 is 0 Å². The molecule has 1 N–H and O–H groups in total. The fourth-order valence-electron chi connectivity index (χ4n) is 2.30. The van der Waals surface area contributed by atoms with Crippen molar-refractivity contribution in [3.63, 3.8) is 0 Å². The first-order chi connectivity index (χ1) is 10.2. The van der Waals surface area contributed by atoms with Gasteiger partial charge in [-0.05, 0) is 25.1 Å². The molecule has 0 spiro atoms. The Morgan fingerprint density at radius 1 is 1.45 bits per heavy atom. The highest BCUT2D eigenvalue weighted by Crippen LogP contribution is 2.33. The Labute approximate surface area is 124 Å². The van der Waals surface area contributed by atoms with Crippen molar-refractivity contribution >= 4 is 5.91 Å². The summed E-state index contributed by atoms with van der Waals surface area (Å²) < 4.78 is 57.3. The van der Waals surface area contributed by atoms with Crippen molar-refractivity contribution in [2.75, 3.05) is 19.8 Å². The van der Waals surface area contributed by atoms with E-state index >= 15 is 0 Å². The van der Waals surface area contributed by atoms with E-state index in [1.54, 1.807) is 6.92 Å². The molecule has 122 valence electrons. The van der Waals surface area contributed by atoms with E-state index in [4.69, 9.17) is 9.84 Å². The summed E-state index contributed by atoms with van der Waals surface area (Å²) in [6.45, 7) is 1.37. The summed E-state index contributed by atoms with van der Waals surface area (Å²) >= 11 is 0. The molecule has 1 aromatic carbocycles. The standard InChI is InChI=1S/C14H15F4NO3/c1-8-7-22-10(6-20)5-19(8)13(21)11-3-2-9(15)4-12(11)14(16,17)18/h2-4,8,10,20H,5-7H2,1H3/t8-,10-/m1/s1. The molecule has 1 fully saturated rings. The predicted molar refractivity (Wildman–Crippen MR) is 68.7 cm³/mol. The second kappa shape index (κ2) is 6.21. The predicted octanol–water partition coefficient (Wildman–Crippen LogP) is 2.07. The number of halogens is 4. The summed E-state index contributed by atoms with van der Waals surface area (Å²) in [6, 6.07) is 1.51. The third kappa shape index (κ3) is 3.38. The molecule has 2 rings (SSSR count). The van der Waals surface area contributed by atoms with E-state index in [0.717, 1.165) is 12.1 Å². The monoisotopic (exact) mass is 321 g/mol. The van der Waals surface area contributed by atoms with Gasteiger partial charge in [0.2, 0.25) is 0 Å². The molecule has 0 unspecified atom stereocenters. The first-order valence-corrected chi connectivity index (χ1v) is 6.64. The molecule has 0 aromatic heterocycles. The Hall–Kier alpha value is -1.67. The maximum atomic E-state index is 13.1. The number of nitrogens with zero attached hydrogens (tertiary/aromatic N) is 1. The quantitative estimate of drug-likeness (QED) is 0.849. The molecule has 0 saturated carbocycles. The van der Waals surface area contributed by atoms with Crippen LogP contribution in [0.5, 0.6) is 0 Å². The Balaban J connectivity index is 2.36. The Morgan fingerprint density at radius 3 is 2.73 bits per heavy atom. The lowest BCUT2D eigenvalue weighted by molar-refractivity contribution is -0.138. The van der Waals surface area contributed by atoms with Crippen molar-refractivity contribution in [1.82, 2.24) is 4.90 Å². The molecule has 22 heavy (non-hydrogen) atoms. The van der Waals surface area contributed by atoms with Gasteiger partial charge in [0.05, 0.1) is 36.5 Å². The molecule has 2 atom stereocenters. The van der Waals surface area contributed by atoms with Crippen LogP contribution in [0.25, 0.3) is 0 Å². The zero-order valence-electron chi connectivity index (χ0n) is 11.7. The van der Waals surface area contributed by atoms with E-state index in [2.05, 4.69) is 0 Å². The van der Waals surface area contributed by atoms with Gasteiger partial charge in [-0.15, -0.1) is 0 Å². The maximum absolute atomic E-state index is 13.1. The van der Waals surface area contributed by atoms with Crippen LogP contribution in [0, 0.1) is 5.82 Å². The lowest BCUT2D eigenvalue weighted by Crippen LogP contribution is -2.52. The number of carbonyl (C=O) groups is 1. The highest BCUT2D eigenvalue weighted by molar-refractivity contribution is 5.96. The largest absolute Gasteiger partial charge is 0.417 e. The minimum absolute atomic E-state index is 0.0226. The number of carbonyl (C=O) groups excluding carboxylic acids is 1. The summed E-state index contributed by atoms with van der Waals surface area (Å²) in [5.74, 6) is -1.92. The molecular formula is C14H15F4NO3. The zero-order chi connectivity index (χ0) is 16.5. The van der Waals surface area contributed by atoms with Crippen molar-refractivity contribution in [3.8, 4) is 0 Å². The highest BCUT2D eigenvalue weighted by atomic mass is 19.4. The van der Waals surface area contributed by atoms with Gasteiger partial charge in [0, 0.05) is 6.54 Å². The van der Waals surface area contributed by atoms with Gasteiger partial charge in [0.1, 0.15) is 5.82 Å². The number of rotatable bonds is 2. The lowest BCUT2D eigenvalue weighted by atomic mass is 10.0. The van der Waals surface area contributed by atoms with E-state index in [1.165, 1.54) is 4.90 Å². The van der Waals surface area contributed by atoms with Gasteiger partial charge in [-0.25, -0.2) is 4.39 Å². The fourth-order valence-corrected chi connectivity index (χ4v) is 2.30. The number of amides is 1. The number of alkyl halides is 3. The summed E-state index contributed by atoms with van der Waals surface area (Å²) in [5.41, 5.74) is -1.92. The summed E-state index contributed by atoms with van der Waals surface area (Å²) in [6.07, 6.45) is -5.48. The first kappa shape index (κ1) is 16.7. The van der Waals surface area contributed by atoms with Crippen LogP contribution in [0.2, 0.25) is 0 Å². The van der Waals surface area contributed by atoms with Gasteiger partial charge < -0.3 is 14.7 Å². The van der Waals surface area contributed by atoms with Crippen LogP contribution < -0.4 is 0 Å². The molecule has 1 heterocycles. The second-order valence-electron chi connectivity index (χ2n) is 5.13. The fraction of sp³-hybridized carbons (Fsp3) is 0.500. The van der Waals surface area contributed by atoms with E-state index in [1.807, 2.05) is 0 Å². The number of aliphatic hydroxyl groups excluding tert-OH is 1. The van der Waals surface area contributed by atoms with Crippen molar-refractivity contribution < 1.29 is 32.2 Å². The molecule has 1 aliphatic rings. The van der Waals surface area contributed by atoms with Gasteiger partial charge in [0.25, 0.3) is 5.91 Å². The van der Waals surface area contributed by atoms with Gasteiger partial charge >= 0.3 is 6.18 Å². The van der Waals surface area contributed by atoms with Crippen molar-refractivity contribution in [2.45, 2.75) is 25.2 Å².